The van der Waals surface area contributed by atoms with Gasteiger partial charge < -0.3 is 20.4 Å². The maximum Gasteiger partial charge on any atom is 0.412 e. The number of nitrogens with zero attached hydrogens (tertiary/aromatic N) is 2. The Morgan fingerprint density at radius 3 is 2.35 bits per heavy atom. The summed E-state index contributed by atoms with van der Waals surface area (Å²) in [4.78, 5) is 19.2. The maximum absolute atomic E-state index is 13.6. The monoisotopic (exact) mass is 529 g/mol. The first-order chi connectivity index (χ1) is 17.8. The molecular weight excluding hydrogens is 498 g/mol. The van der Waals surface area contributed by atoms with E-state index in [0.29, 0.717) is 18.5 Å². The number of aliphatic hydroxyl groups excluding tert-OH is 1. The van der Waals surface area contributed by atoms with Gasteiger partial charge in [0.05, 0.1) is 41.6 Å². The minimum Gasteiger partial charge on any atom is -0.470 e. The van der Waals surface area contributed by atoms with Crippen LogP contribution in [0.3, 0.4) is 0 Å². The predicted molar refractivity (Wildman–Crippen MR) is 137 cm³/mol. The van der Waals surface area contributed by atoms with Gasteiger partial charge in [-0.05, 0) is 49.1 Å². The van der Waals surface area contributed by atoms with Crippen molar-refractivity contribution in [3.05, 3.63) is 78.8 Å². The van der Waals surface area contributed by atoms with Gasteiger partial charge in [-0.1, -0.05) is 47.6 Å². The van der Waals surface area contributed by atoms with Crippen molar-refractivity contribution in [3.63, 3.8) is 0 Å². The van der Waals surface area contributed by atoms with Gasteiger partial charge in [0.1, 0.15) is 6.26 Å². The van der Waals surface area contributed by atoms with Crippen LogP contribution in [0.2, 0.25) is 0 Å². The molecule has 10 nitrogen and oxygen atoms in total. The molecule has 2 aromatic carbocycles. The molecule has 1 aliphatic carbocycles. The molecule has 1 fully saturated rings. The van der Waals surface area contributed by atoms with Gasteiger partial charge in [0.15, 0.2) is 0 Å². The summed E-state index contributed by atoms with van der Waals surface area (Å²) in [5, 5.41) is 21.5. The molecule has 0 spiro atoms. The van der Waals surface area contributed by atoms with E-state index in [-0.39, 0.29) is 23.1 Å². The second kappa shape index (κ2) is 11.8. The lowest BCUT2D eigenvalue weighted by Gasteiger charge is -2.35. The quantitative estimate of drug-likeness (QED) is 0.250. The highest BCUT2D eigenvalue weighted by atomic mass is 32.2. The molecule has 1 amide bonds. The van der Waals surface area contributed by atoms with Crippen LogP contribution in [0.1, 0.15) is 31.2 Å². The third-order valence-electron chi connectivity index (χ3n) is 6.40. The predicted octanol–water partition coefficient (Wildman–Crippen LogP) is 3.88. The van der Waals surface area contributed by atoms with Gasteiger partial charge in [0.25, 0.3) is 10.0 Å². The van der Waals surface area contributed by atoms with Gasteiger partial charge in [0, 0.05) is 11.8 Å². The third kappa shape index (κ3) is 6.50. The Kier molecular flexibility index (Phi) is 8.49. The Labute approximate surface area is 215 Å². The summed E-state index contributed by atoms with van der Waals surface area (Å²) in [5.74, 6) is 0. The number of hydroxylamine groups is 1. The molecule has 11 heteroatoms. The molecular formula is C26H31N3O7S. The third-order valence-corrected chi connectivity index (χ3v) is 8.04. The number of amides is 1. The molecule has 198 valence electrons. The van der Waals surface area contributed by atoms with Crippen LogP contribution < -0.4 is 10.6 Å². The van der Waals surface area contributed by atoms with E-state index in [1.807, 2.05) is 30.3 Å². The Hall–Kier alpha value is -3.38. The fraction of sp³-hybridized carbons (Fsp3) is 0.346. The van der Waals surface area contributed by atoms with Crippen LogP contribution in [0.4, 0.5) is 16.2 Å². The van der Waals surface area contributed by atoms with Crippen LogP contribution in [-0.4, -0.2) is 54.0 Å². The van der Waals surface area contributed by atoms with Crippen molar-refractivity contribution in [2.45, 2.75) is 55.2 Å². The van der Waals surface area contributed by atoms with Gasteiger partial charge in [-0.2, -0.15) is 0 Å². The number of furan rings is 1. The lowest BCUT2D eigenvalue weighted by atomic mass is 9.99. The lowest BCUT2D eigenvalue weighted by molar-refractivity contribution is -0.144. The van der Waals surface area contributed by atoms with E-state index in [2.05, 4.69) is 0 Å². The van der Waals surface area contributed by atoms with Crippen molar-refractivity contribution in [1.29, 1.82) is 0 Å². The lowest BCUT2D eigenvalue weighted by Crippen LogP contribution is -2.53. The van der Waals surface area contributed by atoms with Crippen molar-refractivity contribution in [2.24, 2.45) is 0 Å². The summed E-state index contributed by atoms with van der Waals surface area (Å²) in [6.07, 6.45) is 2.82. The SMILES string of the molecule is Nc1ccc(S(=O)(=O)N(C[C@H](O)[C@H](Cc2ccccc2)N(C(=O)O)c2ccoc2)OC2CCCC2)cc1. The van der Waals surface area contributed by atoms with Gasteiger partial charge >= 0.3 is 6.09 Å². The number of hydrogen-bond donors (Lipinski definition) is 3. The second-order valence-electron chi connectivity index (χ2n) is 9.03. The molecule has 0 unspecified atom stereocenters. The van der Waals surface area contributed by atoms with Crippen LogP contribution in [0.25, 0.3) is 0 Å². The number of anilines is 2. The zero-order valence-electron chi connectivity index (χ0n) is 20.2. The van der Waals surface area contributed by atoms with E-state index in [0.717, 1.165) is 27.8 Å². The molecule has 3 aromatic rings. The number of sulfonamides is 1. The van der Waals surface area contributed by atoms with Crippen molar-refractivity contribution in [1.82, 2.24) is 4.47 Å². The first-order valence-corrected chi connectivity index (χ1v) is 13.5. The Morgan fingerprint density at radius 1 is 1.08 bits per heavy atom. The second-order valence-corrected chi connectivity index (χ2v) is 10.9. The molecule has 0 radical (unpaired) electrons. The van der Waals surface area contributed by atoms with E-state index < -0.39 is 34.8 Å². The molecule has 4 N–H and O–H groups in total. The highest BCUT2D eigenvalue weighted by Crippen LogP contribution is 2.28. The molecule has 1 heterocycles. The van der Waals surface area contributed by atoms with E-state index in [1.54, 1.807) is 0 Å². The summed E-state index contributed by atoms with van der Waals surface area (Å²) < 4.78 is 33.1. The van der Waals surface area contributed by atoms with Crippen LogP contribution in [0.15, 0.2) is 82.5 Å². The fourth-order valence-corrected chi connectivity index (χ4v) is 5.78. The summed E-state index contributed by atoms with van der Waals surface area (Å²) in [6, 6.07) is 15.2. The fourth-order valence-electron chi connectivity index (χ4n) is 4.48. The number of nitrogens with two attached hydrogens (primary N) is 1. The summed E-state index contributed by atoms with van der Waals surface area (Å²) in [6.45, 7) is -0.484. The van der Waals surface area contributed by atoms with Gasteiger partial charge in [-0.25, -0.2) is 13.2 Å². The summed E-state index contributed by atoms with van der Waals surface area (Å²) in [7, 11) is -4.20. The number of carbonyl (C=O) groups is 1. The maximum atomic E-state index is 13.6. The topological polar surface area (TPSA) is 147 Å². The smallest absolute Gasteiger partial charge is 0.412 e. The largest absolute Gasteiger partial charge is 0.470 e. The average Bonchev–Trinajstić information content (AvgIpc) is 3.59. The van der Waals surface area contributed by atoms with E-state index in [9.17, 15) is 23.4 Å². The Bertz CT molecular complexity index is 1250. The van der Waals surface area contributed by atoms with E-state index in [4.69, 9.17) is 15.0 Å². The van der Waals surface area contributed by atoms with E-state index in [1.165, 1.54) is 42.9 Å². The van der Waals surface area contributed by atoms with Gasteiger partial charge in [-0.15, -0.1) is 0 Å². The van der Waals surface area contributed by atoms with Crippen molar-refractivity contribution in [3.8, 4) is 0 Å². The summed E-state index contributed by atoms with van der Waals surface area (Å²) in [5.41, 5.74) is 7.13. The number of carboxylic acid groups (broad SMARTS) is 1. The van der Waals surface area contributed by atoms with Crippen molar-refractivity contribution >= 4 is 27.5 Å². The number of hydrogen-bond acceptors (Lipinski definition) is 7. The molecule has 4 rings (SSSR count). The highest BCUT2D eigenvalue weighted by molar-refractivity contribution is 7.89. The normalized spacial score (nSPS) is 16.1. The summed E-state index contributed by atoms with van der Waals surface area (Å²) >= 11 is 0. The molecule has 0 saturated heterocycles. The first kappa shape index (κ1) is 26.7. The highest BCUT2D eigenvalue weighted by Gasteiger charge is 2.38. The molecule has 0 bridgehead atoms. The zero-order valence-corrected chi connectivity index (χ0v) is 21.0. The van der Waals surface area contributed by atoms with Crippen LogP contribution in [0, 0.1) is 0 Å². The van der Waals surface area contributed by atoms with Crippen molar-refractivity contribution in [2.75, 3.05) is 17.2 Å². The van der Waals surface area contributed by atoms with Gasteiger partial charge in [-0.3, -0.25) is 9.74 Å². The molecule has 1 saturated carbocycles. The number of benzene rings is 2. The van der Waals surface area contributed by atoms with Crippen LogP contribution in [0.5, 0.6) is 0 Å². The standard InChI is InChI=1S/C26H31N3O7S/c27-20-10-12-23(13-11-20)37(33,34)28(36-22-8-4-5-9-22)17-25(30)24(16-19-6-2-1-3-7-19)29(26(31)32)21-14-15-35-18-21/h1-3,6-7,10-15,18,22,24-25,30H,4-5,8-9,16-17,27H2,(H,31,32)/t24-,25-/m0/s1. The Balaban J connectivity index is 1.68. The first-order valence-electron chi connectivity index (χ1n) is 12.1. The minimum atomic E-state index is -4.20. The number of nitrogen functional groups attached to an aromatic ring is 1. The van der Waals surface area contributed by atoms with Crippen LogP contribution in [-0.2, 0) is 21.3 Å². The van der Waals surface area contributed by atoms with Crippen molar-refractivity contribution < 1.29 is 32.7 Å². The average molecular weight is 530 g/mol. The minimum absolute atomic E-state index is 0.0450. The van der Waals surface area contributed by atoms with E-state index >= 15 is 0 Å². The molecule has 2 atom stereocenters. The molecule has 0 aliphatic heterocycles. The zero-order chi connectivity index (χ0) is 26.4. The molecule has 37 heavy (non-hydrogen) atoms. The Morgan fingerprint density at radius 2 is 1.76 bits per heavy atom. The number of aliphatic hydroxyl groups is 1. The molecule has 1 aliphatic rings. The van der Waals surface area contributed by atoms with Crippen LogP contribution >= 0.6 is 0 Å². The number of rotatable bonds is 11. The molecule has 1 aromatic heterocycles. The van der Waals surface area contributed by atoms with Gasteiger partial charge in [0.2, 0.25) is 0 Å².